The van der Waals surface area contributed by atoms with E-state index in [1.54, 1.807) is 14.0 Å². The fraction of sp³-hybridized carbons (Fsp3) is 0.462. The van der Waals surface area contributed by atoms with Gasteiger partial charge in [0.05, 0.1) is 13.0 Å². The summed E-state index contributed by atoms with van der Waals surface area (Å²) in [5.41, 5.74) is 8.33. The largest absolute Gasteiger partial charge is 0.460 e. The monoisotopic (exact) mass is 237 g/mol. The summed E-state index contributed by atoms with van der Waals surface area (Å²) in [5.74, 6) is -0.287. The first-order valence-electron chi connectivity index (χ1n) is 5.56. The van der Waals surface area contributed by atoms with E-state index in [9.17, 15) is 4.79 Å². The number of ether oxygens (including phenoxy) is 2. The molecule has 1 aromatic carbocycles. The second-order valence-electron chi connectivity index (χ2n) is 4.13. The van der Waals surface area contributed by atoms with Gasteiger partial charge < -0.3 is 15.2 Å². The van der Waals surface area contributed by atoms with Crippen molar-refractivity contribution in [3.63, 3.8) is 0 Å². The molecule has 0 aliphatic heterocycles. The topological polar surface area (TPSA) is 61.5 Å². The first-order chi connectivity index (χ1) is 8.02. The third-order valence-electron chi connectivity index (χ3n) is 2.37. The van der Waals surface area contributed by atoms with Crippen molar-refractivity contribution in [2.24, 2.45) is 0 Å². The van der Waals surface area contributed by atoms with E-state index in [2.05, 4.69) is 0 Å². The number of carbonyl (C=O) groups is 1. The van der Waals surface area contributed by atoms with E-state index in [-0.39, 0.29) is 18.5 Å². The van der Waals surface area contributed by atoms with Gasteiger partial charge in [-0.1, -0.05) is 12.1 Å². The minimum atomic E-state index is -0.287. The summed E-state index contributed by atoms with van der Waals surface area (Å²) in [7, 11) is 1.57. The summed E-state index contributed by atoms with van der Waals surface area (Å²) in [5, 5.41) is 0. The highest BCUT2D eigenvalue weighted by molar-refractivity contribution is 5.75. The van der Waals surface area contributed by atoms with E-state index in [1.807, 2.05) is 25.1 Å². The Morgan fingerprint density at radius 1 is 1.47 bits per heavy atom. The number of hydrogen-bond donors (Lipinski definition) is 1. The summed E-state index contributed by atoms with van der Waals surface area (Å²) in [6, 6.07) is 5.63. The molecular formula is C13H19NO3. The van der Waals surface area contributed by atoms with Gasteiger partial charge in [0.1, 0.15) is 6.10 Å². The maximum absolute atomic E-state index is 11.6. The number of nitrogen functional groups attached to an aromatic ring is 1. The van der Waals surface area contributed by atoms with Crippen LogP contribution in [0.3, 0.4) is 0 Å². The number of aryl methyl sites for hydroxylation is 1. The van der Waals surface area contributed by atoms with E-state index >= 15 is 0 Å². The van der Waals surface area contributed by atoms with Crippen LogP contribution < -0.4 is 5.73 Å². The van der Waals surface area contributed by atoms with Gasteiger partial charge in [-0.25, -0.2) is 0 Å². The van der Waals surface area contributed by atoms with Crippen molar-refractivity contribution in [2.45, 2.75) is 26.4 Å². The van der Waals surface area contributed by atoms with Crippen LogP contribution in [-0.4, -0.2) is 25.8 Å². The van der Waals surface area contributed by atoms with Crippen molar-refractivity contribution in [2.75, 3.05) is 19.5 Å². The van der Waals surface area contributed by atoms with Crippen LogP contribution >= 0.6 is 0 Å². The lowest BCUT2D eigenvalue weighted by atomic mass is 10.1. The highest BCUT2D eigenvalue weighted by Crippen LogP contribution is 2.15. The van der Waals surface area contributed by atoms with Crippen LogP contribution in [-0.2, 0) is 20.7 Å². The third kappa shape index (κ3) is 4.44. The molecule has 0 saturated heterocycles. The standard InChI is InChI=1S/C13H19NO3/c1-9-4-5-11(12(14)6-9)7-13(15)17-10(2)8-16-3/h4-6,10H,7-8,14H2,1-3H3/t10-/m0/s1. The number of rotatable bonds is 5. The summed E-state index contributed by atoms with van der Waals surface area (Å²) in [4.78, 5) is 11.6. The molecule has 1 rings (SSSR count). The number of nitrogens with two attached hydrogens (primary N) is 1. The Morgan fingerprint density at radius 2 is 2.18 bits per heavy atom. The van der Waals surface area contributed by atoms with Crippen LogP contribution in [0.25, 0.3) is 0 Å². The van der Waals surface area contributed by atoms with Crippen LogP contribution in [0.1, 0.15) is 18.1 Å². The van der Waals surface area contributed by atoms with Crippen molar-refractivity contribution in [1.29, 1.82) is 0 Å². The SMILES string of the molecule is COC[C@H](C)OC(=O)Cc1ccc(C)cc1N. The molecule has 1 atom stereocenters. The molecule has 4 heteroatoms. The van der Waals surface area contributed by atoms with E-state index in [0.717, 1.165) is 11.1 Å². The van der Waals surface area contributed by atoms with Crippen molar-refractivity contribution in [3.8, 4) is 0 Å². The Bertz CT molecular complexity index is 390. The number of hydrogen-bond acceptors (Lipinski definition) is 4. The predicted octanol–water partition coefficient (Wildman–Crippen LogP) is 1.70. The van der Waals surface area contributed by atoms with Crippen LogP contribution in [0.2, 0.25) is 0 Å². The molecule has 0 heterocycles. The molecule has 0 aromatic heterocycles. The Balaban J connectivity index is 2.56. The van der Waals surface area contributed by atoms with E-state index < -0.39 is 0 Å². The second kappa shape index (κ2) is 6.25. The molecule has 0 amide bonds. The average Bonchev–Trinajstić information content (AvgIpc) is 2.22. The molecule has 0 fully saturated rings. The van der Waals surface area contributed by atoms with Gasteiger partial charge in [-0.3, -0.25) is 4.79 Å². The zero-order valence-corrected chi connectivity index (χ0v) is 10.5. The molecule has 1 aromatic rings. The third-order valence-corrected chi connectivity index (χ3v) is 2.37. The van der Waals surface area contributed by atoms with Gasteiger partial charge in [0.15, 0.2) is 0 Å². The minimum Gasteiger partial charge on any atom is -0.460 e. The van der Waals surface area contributed by atoms with E-state index in [1.165, 1.54) is 0 Å². The van der Waals surface area contributed by atoms with Crippen molar-refractivity contribution < 1.29 is 14.3 Å². The van der Waals surface area contributed by atoms with Gasteiger partial charge in [-0.2, -0.15) is 0 Å². The first kappa shape index (κ1) is 13.5. The highest BCUT2D eigenvalue weighted by Gasteiger charge is 2.11. The average molecular weight is 237 g/mol. The van der Waals surface area contributed by atoms with Gasteiger partial charge >= 0.3 is 5.97 Å². The first-order valence-corrected chi connectivity index (χ1v) is 5.56. The van der Waals surface area contributed by atoms with Crippen molar-refractivity contribution in [3.05, 3.63) is 29.3 Å². The molecule has 17 heavy (non-hydrogen) atoms. The normalized spacial score (nSPS) is 12.2. The molecular weight excluding hydrogens is 218 g/mol. The molecule has 0 radical (unpaired) electrons. The van der Waals surface area contributed by atoms with Gasteiger partial charge in [0, 0.05) is 12.8 Å². The van der Waals surface area contributed by atoms with Crippen LogP contribution in [0.15, 0.2) is 18.2 Å². The lowest BCUT2D eigenvalue weighted by Gasteiger charge is -2.12. The fourth-order valence-corrected chi connectivity index (χ4v) is 1.57. The molecule has 0 aliphatic rings. The number of esters is 1. The van der Waals surface area contributed by atoms with Crippen molar-refractivity contribution in [1.82, 2.24) is 0 Å². The zero-order valence-electron chi connectivity index (χ0n) is 10.5. The molecule has 0 spiro atoms. The van der Waals surface area contributed by atoms with Crippen LogP contribution in [0.5, 0.6) is 0 Å². The maximum Gasteiger partial charge on any atom is 0.310 e. The van der Waals surface area contributed by atoms with Crippen LogP contribution in [0, 0.1) is 6.92 Å². The smallest absolute Gasteiger partial charge is 0.310 e. The number of methoxy groups -OCH3 is 1. The molecule has 0 unspecified atom stereocenters. The number of carbonyl (C=O) groups excluding carboxylic acids is 1. The quantitative estimate of drug-likeness (QED) is 0.625. The molecule has 4 nitrogen and oxygen atoms in total. The summed E-state index contributed by atoms with van der Waals surface area (Å²) >= 11 is 0. The van der Waals surface area contributed by atoms with Crippen LogP contribution in [0.4, 0.5) is 5.69 Å². The van der Waals surface area contributed by atoms with Gasteiger partial charge in [-0.15, -0.1) is 0 Å². The van der Waals surface area contributed by atoms with Gasteiger partial charge in [0.2, 0.25) is 0 Å². The Kier molecular flexibility index (Phi) is 4.97. The van der Waals surface area contributed by atoms with E-state index in [0.29, 0.717) is 12.3 Å². The lowest BCUT2D eigenvalue weighted by molar-refractivity contribution is -0.149. The zero-order chi connectivity index (χ0) is 12.8. The number of benzene rings is 1. The Hall–Kier alpha value is -1.55. The highest BCUT2D eigenvalue weighted by atomic mass is 16.6. The molecule has 0 saturated carbocycles. The summed E-state index contributed by atoms with van der Waals surface area (Å²) < 4.78 is 10.1. The van der Waals surface area contributed by atoms with Gasteiger partial charge in [-0.05, 0) is 31.0 Å². The Morgan fingerprint density at radius 3 is 2.76 bits per heavy atom. The Labute approximate surface area is 102 Å². The number of anilines is 1. The molecule has 0 aliphatic carbocycles. The fourth-order valence-electron chi connectivity index (χ4n) is 1.57. The maximum atomic E-state index is 11.6. The predicted molar refractivity (Wildman–Crippen MR) is 66.7 cm³/mol. The summed E-state index contributed by atoms with van der Waals surface area (Å²) in [6.45, 7) is 4.15. The molecule has 0 bridgehead atoms. The van der Waals surface area contributed by atoms with Crippen molar-refractivity contribution >= 4 is 11.7 Å². The summed E-state index contributed by atoms with van der Waals surface area (Å²) in [6.07, 6.45) is -0.0423. The molecule has 2 N–H and O–H groups in total. The molecule has 94 valence electrons. The van der Waals surface area contributed by atoms with Gasteiger partial charge in [0.25, 0.3) is 0 Å². The van der Waals surface area contributed by atoms with E-state index in [4.69, 9.17) is 15.2 Å². The minimum absolute atomic E-state index is 0.195. The lowest BCUT2D eigenvalue weighted by Crippen LogP contribution is -2.21. The second-order valence-corrected chi connectivity index (χ2v) is 4.13.